The van der Waals surface area contributed by atoms with E-state index >= 15 is 0 Å². The van der Waals surface area contributed by atoms with Gasteiger partial charge in [-0.25, -0.2) is 0 Å². The van der Waals surface area contributed by atoms with E-state index in [0.717, 1.165) is 0 Å². The summed E-state index contributed by atoms with van der Waals surface area (Å²) in [5, 5.41) is 19.4. The van der Waals surface area contributed by atoms with Gasteiger partial charge in [0.05, 0.1) is 0 Å². The largest absolute Gasteiger partial charge is 0.550 e. The first-order chi connectivity index (χ1) is 6.25. The van der Waals surface area contributed by atoms with Crippen LogP contribution in [0.5, 0.6) is 0 Å². The van der Waals surface area contributed by atoms with E-state index in [0.29, 0.717) is 0 Å². The SMILES string of the molecule is CC(C)CC(=O)[O-].CC(C)CC(=O)[O-].[Sr]. The Morgan fingerprint density at radius 3 is 1.07 bits per heavy atom. The number of aliphatic carboxylic acids is 2. The minimum absolute atomic E-state index is 0. The monoisotopic (exact) mass is 290 g/mol. The predicted octanol–water partition coefficient (Wildman–Crippen LogP) is -0.816. The van der Waals surface area contributed by atoms with E-state index in [1.165, 1.54) is 0 Å². The van der Waals surface area contributed by atoms with Gasteiger partial charge in [0.2, 0.25) is 0 Å². The summed E-state index contributed by atoms with van der Waals surface area (Å²) in [4.78, 5) is 19.4. The standard InChI is InChI=1S/2C5H10O2.Sr/c2*1-4(2)3-5(6)7;/h2*4H,3H2,1-2H3,(H,6,7);/p-2. The van der Waals surface area contributed by atoms with Gasteiger partial charge in [-0.15, -0.1) is 0 Å². The molecule has 0 aliphatic heterocycles. The average Bonchev–Trinajstić information content (AvgIpc) is 1.79. The Morgan fingerprint density at radius 1 is 0.867 bits per heavy atom. The topological polar surface area (TPSA) is 80.3 Å². The van der Waals surface area contributed by atoms with E-state index in [1.807, 2.05) is 27.7 Å². The molecule has 0 saturated heterocycles. The maximum absolute atomic E-state index is 9.70. The van der Waals surface area contributed by atoms with Gasteiger partial charge >= 0.3 is 0 Å². The van der Waals surface area contributed by atoms with E-state index in [1.54, 1.807) is 0 Å². The Morgan fingerprint density at radius 2 is 1.07 bits per heavy atom. The molecule has 0 rings (SSSR count). The second-order valence-electron chi connectivity index (χ2n) is 3.94. The van der Waals surface area contributed by atoms with Crippen LogP contribution in [0.1, 0.15) is 40.5 Å². The molecule has 86 valence electrons. The van der Waals surface area contributed by atoms with Crippen LogP contribution in [0.2, 0.25) is 0 Å². The van der Waals surface area contributed by atoms with E-state index in [2.05, 4.69) is 0 Å². The van der Waals surface area contributed by atoms with Gasteiger partial charge in [-0.05, 0) is 24.7 Å². The van der Waals surface area contributed by atoms with Crippen LogP contribution in [0.3, 0.4) is 0 Å². The Labute approximate surface area is 128 Å². The van der Waals surface area contributed by atoms with E-state index in [9.17, 15) is 19.8 Å². The van der Waals surface area contributed by atoms with Crippen LogP contribution < -0.4 is 10.2 Å². The first-order valence-corrected chi connectivity index (χ1v) is 4.65. The summed E-state index contributed by atoms with van der Waals surface area (Å²) >= 11 is 0. The van der Waals surface area contributed by atoms with Crippen LogP contribution in [0.15, 0.2) is 0 Å². The Kier molecular flexibility index (Phi) is 17.3. The molecule has 0 unspecified atom stereocenters. The van der Waals surface area contributed by atoms with Crippen molar-refractivity contribution in [2.24, 2.45) is 11.8 Å². The summed E-state index contributed by atoms with van der Waals surface area (Å²) in [6.07, 6.45) is 0.333. The number of hydrogen-bond acceptors (Lipinski definition) is 4. The fourth-order valence-corrected chi connectivity index (χ4v) is 0.667. The van der Waals surface area contributed by atoms with Crippen molar-refractivity contribution in [1.82, 2.24) is 0 Å². The number of carbonyl (C=O) groups is 2. The first-order valence-electron chi connectivity index (χ1n) is 4.65. The van der Waals surface area contributed by atoms with Crippen LogP contribution in [-0.4, -0.2) is 57.4 Å². The van der Waals surface area contributed by atoms with Gasteiger partial charge in [-0.3, -0.25) is 0 Å². The van der Waals surface area contributed by atoms with Crippen molar-refractivity contribution in [2.75, 3.05) is 0 Å². The van der Waals surface area contributed by atoms with E-state index in [4.69, 9.17) is 0 Å². The molecular formula is C10H18O4Sr-2. The minimum atomic E-state index is -0.963. The summed E-state index contributed by atoms with van der Waals surface area (Å²) in [5.74, 6) is -1.50. The maximum Gasteiger partial charge on any atom is 0.0416 e. The van der Waals surface area contributed by atoms with Crippen molar-refractivity contribution in [3.63, 3.8) is 0 Å². The summed E-state index contributed by atoms with van der Waals surface area (Å²) < 4.78 is 0. The molecule has 0 atom stereocenters. The van der Waals surface area contributed by atoms with Crippen LogP contribution in [0.25, 0.3) is 0 Å². The summed E-state index contributed by atoms with van der Waals surface area (Å²) in [6.45, 7) is 7.37. The third kappa shape index (κ3) is 31.4. The quantitative estimate of drug-likeness (QED) is 0.634. The third-order valence-electron chi connectivity index (χ3n) is 1.15. The summed E-state index contributed by atoms with van der Waals surface area (Å²) in [7, 11) is 0. The van der Waals surface area contributed by atoms with E-state index < -0.39 is 11.9 Å². The molecule has 4 nitrogen and oxygen atoms in total. The summed E-state index contributed by atoms with van der Waals surface area (Å²) in [6, 6.07) is 0. The zero-order valence-electron chi connectivity index (χ0n) is 9.91. The molecule has 0 N–H and O–H groups in total. The molecule has 0 aromatic carbocycles. The molecule has 0 spiro atoms. The van der Waals surface area contributed by atoms with Crippen LogP contribution in [0, 0.1) is 11.8 Å². The molecule has 2 radical (unpaired) electrons. The summed E-state index contributed by atoms with van der Waals surface area (Å²) in [5.41, 5.74) is 0. The van der Waals surface area contributed by atoms with Gasteiger partial charge in [0.15, 0.2) is 0 Å². The normalized spacial score (nSPS) is 8.93. The van der Waals surface area contributed by atoms with Crippen molar-refractivity contribution in [3.8, 4) is 0 Å². The van der Waals surface area contributed by atoms with E-state index in [-0.39, 0.29) is 70.2 Å². The zero-order valence-corrected chi connectivity index (χ0v) is 13.4. The minimum Gasteiger partial charge on any atom is -0.550 e. The number of hydrogen-bond donors (Lipinski definition) is 0. The third-order valence-corrected chi connectivity index (χ3v) is 1.15. The molecule has 0 aromatic heterocycles. The molecule has 0 aromatic rings. The number of carboxylic acids is 2. The van der Waals surface area contributed by atoms with Gasteiger partial charge in [-0.2, -0.15) is 0 Å². The molecule has 5 heteroatoms. The van der Waals surface area contributed by atoms with Crippen molar-refractivity contribution in [3.05, 3.63) is 0 Å². The zero-order chi connectivity index (χ0) is 11.7. The van der Waals surface area contributed by atoms with Gasteiger partial charge < -0.3 is 19.8 Å². The van der Waals surface area contributed by atoms with Crippen molar-refractivity contribution in [1.29, 1.82) is 0 Å². The van der Waals surface area contributed by atoms with Crippen molar-refractivity contribution < 1.29 is 19.8 Å². The van der Waals surface area contributed by atoms with Crippen LogP contribution in [0.4, 0.5) is 0 Å². The predicted molar refractivity (Wildman–Crippen MR) is 54.7 cm³/mol. The second kappa shape index (κ2) is 12.5. The molecule has 0 amide bonds. The molecular weight excluding hydrogens is 272 g/mol. The van der Waals surface area contributed by atoms with Gasteiger partial charge in [0.25, 0.3) is 0 Å². The Hall–Kier alpha value is 0.421. The first kappa shape index (κ1) is 20.8. The second-order valence-corrected chi connectivity index (χ2v) is 3.94. The van der Waals surface area contributed by atoms with Gasteiger partial charge in [0, 0.05) is 57.4 Å². The Bertz CT molecular complexity index is 158. The average molecular weight is 290 g/mol. The number of carboxylic acid groups (broad SMARTS) is 2. The molecule has 0 aliphatic carbocycles. The smallest absolute Gasteiger partial charge is 0.0416 e. The molecule has 0 heterocycles. The molecule has 0 saturated carbocycles. The van der Waals surface area contributed by atoms with Crippen molar-refractivity contribution >= 4 is 57.4 Å². The number of carbonyl (C=O) groups excluding carboxylic acids is 2. The van der Waals surface area contributed by atoms with Gasteiger partial charge in [0.1, 0.15) is 0 Å². The van der Waals surface area contributed by atoms with Crippen LogP contribution in [-0.2, 0) is 9.59 Å². The molecule has 0 aliphatic rings. The number of rotatable bonds is 4. The Balaban J connectivity index is -0.000000180. The van der Waals surface area contributed by atoms with Crippen LogP contribution >= 0.6 is 0 Å². The fourth-order valence-electron chi connectivity index (χ4n) is 0.667. The van der Waals surface area contributed by atoms with Gasteiger partial charge in [-0.1, -0.05) is 27.7 Å². The fraction of sp³-hybridized carbons (Fsp3) is 0.800. The maximum atomic E-state index is 9.70. The molecule has 0 fully saturated rings. The molecule has 15 heavy (non-hydrogen) atoms. The van der Waals surface area contributed by atoms with Crippen molar-refractivity contribution in [2.45, 2.75) is 40.5 Å². The molecule has 0 bridgehead atoms.